The van der Waals surface area contributed by atoms with Gasteiger partial charge in [0.05, 0.1) is 5.92 Å². The molecule has 210 valence electrons. The number of aliphatic carboxylic acids is 1. The first-order chi connectivity index (χ1) is 19.0. The molecule has 0 amide bonds. The van der Waals surface area contributed by atoms with Gasteiger partial charge in [-0.05, 0) is 111 Å². The normalized spacial score (nSPS) is 24.4. The van der Waals surface area contributed by atoms with Crippen LogP contribution in [0.5, 0.6) is 5.75 Å². The van der Waals surface area contributed by atoms with Gasteiger partial charge in [-0.3, -0.25) is 4.79 Å². The molecule has 2 aliphatic carbocycles. The average Bonchev–Trinajstić information content (AvgIpc) is 3.37. The molecule has 0 aromatic heterocycles. The van der Waals surface area contributed by atoms with Crippen LogP contribution in [0.4, 0.5) is 0 Å². The van der Waals surface area contributed by atoms with Gasteiger partial charge in [0.1, 0.15) is 5.75 Å². The van der Waals surface area contributed by atoms with Crippen LogP contribution in [-0.4, -0.2) is 22.7 Å². The van der Waals surface area contributed by atoms with E-state index in [1.807, 2.05) is 12.1 Å². The van der Waals surface area contributed by atoms with E-state index < -0.39 is 5.97 Å². The Morgan fingerprint density at radius 3 is 2.36 bits per heavy atom. The van der Waals surface area contributed by atoms with E-state index in [4.69, 9.17) is 5.73 Å². The van der Waals surface area contributed by atoms with Gasteiger partial charge >= 0.3 is 5.97 Å². The maximum atomic E-state index is 11.9. The molecule has 0 spiro atoms. The molecule has 4 N–H and O–H groups in total. The van der Waals surface area contributed by atoms with Gasteiger partial charge in [-0.2, -0.15) is 0 Å². The van der Waals surface area contributed by atoms with E-state index >= 15 is 0 Å². The number of carboxylic acid groups (broad SMARTS) is 1. The third kappa shape index (κ3) is 9.10. The van der Waals surface area contributed by atoms with E-state index in [-0.39, 0.29) is 5.92 Å². The molecule has 0 fully saturated rings. The molecular weight excluding hydrogens is 482 g/mol. The highest BCUT2D eigenvalue weighted by Crippen LogP contribution is 2.37. The van der Waals surface area contributed by atoms with Gasteiger partial charge in [-0.1, -0.05) is 85.9 Å². The fourth-order valence-electron chi connectivity index (χ4n) is 6.65. The van der Waals surface area contributed by atoms with Crippen molar-refractivity contribution in [2.24, 2.45) is 23.5 Å². The fourth-order valence-corrected chi connectivity index (χ4v) is 6.65. The Labute approximate surface area is 235 Å². The molecule has 4 atom stereocenters. The third-order valence-corrected chi connectivity index (χ3v) is 8.87. The molecule has 39 heavy (non-hydrogen) atoms. The second kappa shape index (κ2) is 15.1. The van der Waals surface area contributed by atoms with Gasteiger partial charge in [0.25, 0.3) is 0 Å². The number of rotatable bonds is 11. The Bertz CT molecular complexity index is 1100. The number of hydrogen-bond donors (Lipinski definition) is 3. The summed E-state index contributed by atoms with van der Waals surface area (Å²) in [6, 6.07) is 16.3. The maximum Gasteiger partial charge on any atom is 0.307 e. The van der Waals surface area contributed by atoms with Crippen molar-refractivity contribution < 1.29 is 15.0 Å². The molecule has 0 radical (unpaired) electrons. The van der Waals surface area contributed by atoms with Crippen LogP contribution < -0.4 is 5.73 Å². The minimum atomic E-state index is -0.718. The van der Waals surface area contributed by atoms with Crippen molar-refractivity contribution in [2.75, 3.05) is 6.54 Å². The number of fused-ring (bicyclic) bond motifs is 2. The summed E-state index contributed by atoms with van der Waals surface area (Å²) in [4.78, 5) is 11.9. The molecule has 0 unspecified atom stereocenters. The van der Waals surface area contributed by atoms with Crippen LogP contribution in [-0.2, 0) is 17.6 Å². The Morgan fingerprint density at radius 2 is 1.62 bits per heavy atom. The summed E-state index contributed by atoms with van der Waals surface area (Å²) in [5.74, 6) is 0.774. The minimum absolute atomic E-state index is 0.303. The number of carbonyl (C=O) groups is 1. The molecule has 0 saturated carbocycles. The predicted octanol–water partition coefficient (Wildman–Crippen LogP) is 7.95. The largest absolute Gasteiger partial charge is 0.508 e. The molecule has 4 rings (SSSR count). The smallest absolute Gasteiger partial charge is 0.307 e. The second-order valence-electron chi connectivity index (χ2n) is 11.8. The zero-order chi connectivity index (χ0) is 27.5. The SMILES string of the molecule is NCCC1=C[C@@H](CCCCCC[C@H]2C/C=C\C[C@H](C(=O)O)Cc3cccc(c3)C[C@H]2c2ccc(O)cc2)CC1. The monoisotopic (exact) mass is 529 g/mol. The summed E-state index contributed by atoms with van der Waals surface area (Å²) < 4.78 is 0. The van der Waals surface area contributed by atoms with Crippen molar-refractivity contribution in [1.82, 2.24) is 0 Å². The fraction of sp³-hybridized carbons (Fsp3) is 0.514. The number of aromatic hydroxyl groups is 1. The first-order valence-electron chi connectivity index (χ1n) is 15.2. The molecule has 4 heteroatoms. The Hall–Kier alpha value is -2.85. The highest BCUT2D eigenvalue weighted by atomic mass is 16.4. The zero-order valence-electron chi connectivity index (χ0n) is 23.4. The molecule has 0 saturated heterocycles. The number of phenolic OH excluding ortho intramolecular Hbond substituents is 1. The van der Waals surface area contributed by atoms with Gasteiger partial charge in [-0.25, -0.2) is 0 Å². The van der Waals surface area contributed by atoms with Crippen LogP contribution in [0.15, 0.2) is 72.3 Å². The van der Waals surface area contributed by atoms with Crippen molar-refractivity contribution in [2.45, 2.75) is 89.4 Å². The highest BCUT2D eigenvalue weighted by Gasteiger charge is 2.24. The summed E-state index contributed by atoms with van der Waals surface area (Å²) in [6.07, 6.45) is 21.0. The van der Waals surface area contributed by atoms with E-state index in [1.54, 1.807) is 5.57 Å². The van der Waals surface area contributed by atoms with E-state index in [2.05, 4.69) is 54.6 Å². The van der Waals surface area contributed by atoms with Crippen LogP contribution in [0.3, 0.4) is 0 Å². The first-order valence-corrected chi connectivity index (χ1v) is 15.2. The Balaban J connectivity index is 1.42. The number of hydrogen-bond acceptors (Lipinski definition) is 3. The lowest BCUT2D eigenvalue weighted by Gasteiger charge is -2.28. The first kappa shape index (κ1) is 29.1. The molecule has 0 heterocycles. The summed E-state index contributed by atoms with van der Waals surface area (Å²) in [6.45, 7) is 0.769. The maximum absolute atomic E-state index is 11.9. The van der Waals surface area contributed by atoms with Gasteiger partial charge in [0.2, 0.25) is 0 Å². The van der Waals surface area contributed by atoms with E-state index in [9.17, 15) is 15.0 Å². The number of allylic oxidation sites excluding steroid dienone is 3. The average molecular weight is 530 g/mol. The van der Waals surface area contributed by atoms with Crippen LogP contribution in [0.2, 0.25) is 0 Å². The van der Waals surface area contributed by atoms with Crippen molar-refractivity contribution in [3.63, 3.8) is 0 Å². The lowest BCUT2D eigenvalue weighted by atomic mass is 9.76. The lowest BCUT2D eigenvalue weighted by Crippen LogP contribution is -2.18. The summed E-state index contributed by atoms with van der Waals surface area (Å²) in [5, 5.41) is 19.7. The molecule has 2 aliphatic rings. The van der Waals surface area contributed by atoms with Gasteiger partial charge in [0.15, 0.2) is 0 Å². The van der Waals surface area contributed by atoms with Gasteiger partial charge < -0.3 is 15.9 Å². The van der Waals surface area contributed by atoms with Crippen molar-refractivity contribution in [3.05, 3.63) is 89.0 Å². The van der Waals surface area contributed by atoms with Crippen molar-refractivity contribution in [3.8, 4) is 5.75 Å². The van der Waals surface area contributed by atoms with Crippen LogP contribution in [0.25, 0.3) is 0 Å². The Kier molecular flexibility index (Phi) is 11.3. The van der Waals surface area contributed by atoms with Gasteiger partial charge in [0, 0.05) is 0 Å². The molecule has 2 aromatic carbocycles. The van der Waals surface area contributed by atoms with E-state index in [0.29, 0.717) is 30.4 Å². The summed E-state index contributed by atoms with van der Waals surface area (Å²) in [7, 11) is 0. The number of benzene rings is 2. The molecular formula is C35H47NO3. The van der Waals surface area contributed by atoms with Crippen LogP contribution >= 0.6 is 0 Å². The topological polar surface area (TPSA) is 83.6 Å². The second-order valence-corrected chi connectivity index (χ2v) is 11.8. The van der Waals surface area contributed by atoms with Crippen molar-refractivity contribution >= 4 is 5.97 Å². The highest BCUT2D eigenvalue weighted by molar-refractivity contribution is 5.70. The van der Waals surface area contributed by atoms with Gasteiger partial charge in [-0.15, -0.1) is 0 Å². The Morgan fingerprint density at radius 1 is 0.897 bits per heavy atom. The summed E-state index contributed by atoms with van der Waals surface area (Å²) >= 11 is 0. The predicted molar refractivity (Wildman–Crippen MR) is 160 cm³/mol. The van der Waals surface area contributed by atoms with E-state index in [1.165, 1.54) is 56.1 Å². The molecule has 4 nitrogen and oxygen atoms in total. The quantitative estimate of drug-likeness (QED) is 0.204. The molecule has 0 aliphatic heterocycles. The minimum Gasteiger partial charge on any atom is -0.508 e. The number of nitrogens with two attached hydrogens (primary N) is 1. The summed E-state index contributed by atoms with van der Waals surface area (Å²) in [5.41, 5.74) is 10.9. The number of carboxylic acids is 1. The standard InChI is InChI=1S/C35H47NO3/c36-21-20-27-15-14-26(22-27)8-3-1-2-4-11-30-12-5-6-13-32(35(38)39)24-28-9-7-10-29(23-28)25-34(30)31-16-18-33(37)19-17-31/h5-7,9-10,16-19,22-23,26,30,32,34,37H,1-4,8,11-15,20-21,24-25,36H2,(H,38,39)/b6-5-/t26-,30-,32-,34+/m0/s1. The van der Waals surface area contributed by atoms with E-state index in [0.717, 1.165) is 43.7 Å². The molecule has 2 aromatic rings. The molecule has 2 bridgehead atoms. The zero-order valence-corrected chi connectivity index (χ0v) is 23.4. The number of phenols is 1. The lowest BCUT2D eigenvalue weighted by molar-refractivity contribution is -0.141. The van der Waals surface area contributed by atoms with Crippen LogP contribution in [0.1, 0.15) is 93.2 Å². The third-order valence-electron chi connectivity index (χ3n) is 8.87. The van der Waals surface area contributed by atoms with Crippen LogP contribution in [0, 0.1) is 17.8 Å². The van der Waals surface area contributed by atoms with Crippen molar-refractivity contribution in [1.29, 1.82) is 0 Å². The number of unbranched alkanes of at least 4 members (excludes halogenated alkanes) is 3.